The van der Waals surface area contributed by atoms with Crippen LogP contribution in [0, 0.1) is 6.92 Å². The maximum atomic E-state index is 11.7. The highest BCUT2D eigenvalue weighted by molar-refractivity contribution is 5.77. The van der Waals surface area contributed by atoms with Crippen molar-refractivity contribution in [2.45, 2.75) is 57.6 Å². The van der Waals surface area contributed by atoms with Gasteiger partial charge in [0, 0.05) is 32.6 Å². The molecule has 6 heteroatoms. The van der Waals surface area contributed by atoms with Crippen LogP contribution >= 0.6 is 0 Å². The molecule has 2 aromatic rings. The molecule has 2 fully saturated rings. The predicted molar refractivity (Wildman–Crippen MR) is 133 cm³/mol. The number of nitrogens with zero attached hydrogens (tertiary/aromatic N) is 2. The Labute approximate surface area is 203 Å². The zero-order valence-corrected chi connectivity index (χ0v) is 20.4. The van der Waals surface area contributed by atoms with Crippen molar-refractivity contribution in [2.75, 3.05) is 39.4 Å². The minimum Gasteiger partial charge on any atom is -0.494 e. The van der Waals surface area contributed by atoms with Crippen molar-refractivity contribution < 1.29 is 19.4 Å². The Hall–Kier alpha value is -2.57. The first-order chi connectivity index (χ1) is 16.5. The van der Waals surface area contributed by atoms with E-state index in [1.165, 1.54) is 11.1 Å². The van der Waals surface area contributed by atoms with Crippen LogP contribution in [0.25, 0.3) is 0 Å². The lowest BCUT2D eigenvalue weighted by atomic mass is 9.96. The zero-order valence-electron chi connectivity index (χ0n) is 20.4. The Morgan fingerprint density at radius 2 is 1.65 bits per heavy atom. The van der Waals surface area contributed by atoms with E-state index in [1.807, 2.05) is 41.3 Å². The van der Waals surface area contributed by atoms with Gasteiger partial charge in [-0.3, -0.25) is 9.69 Å². The van der Waals surface area contributed by atoms with Gasteiger partial charge in [-0.2, -0.15) is 0 Å². The third kappa shape index (κ3) is 7.21. The van der Waals surface area contributed by atoms with Crippen LogP contribution in [0.15, 0.2) is 48.5 Å². The fourth-order valence-corrected chi connectivity index (χ4v) is 4.72. The molecule has 0 spiro atoms. The van der Waals surface area contributed by atoms with E-state index in [1.54, 1.807) is 0 Å². The highest BCUT2D eigenvalue weighted by atomic mass is 16.5. The van der Waals surface area contributed by atoms with E-state index < -0.39 is 5.60 Å². The molecule has 2 heterocycles. The molecule has 1 amide bonds. The Kier molecular flexibility index (Phi) is 8.46. The SMILES string of the molecule is Cc1ccc(OCC2(O)CCCN(Cc3ccc(OCCCN4CCCC4=O)cc3)CC2)cc1. The molecule has 0 aromatic heterocycles. The summed E-state index contributed by atoms with van der Waals surface area (Å²) in [4.78, 5) is 16.0. The van der Waals surface area contributed by atoms with Gasteiger partial charge in [-0.05, 0) is 75.4 Å². The molecule has 4 rings (SSSR count). The first kappa shape index (κ1) is 24.6. The number of ether oxygens (including phenoxy) is 2. The highest BCUT2D eigenvalue weighted by Gasteiger charge is 2.31. The van der Waals surface area contributed by atoms with Gasteiger partial charge >= 0.3 is 0 Å². The van der Waals surface area contributed by atoms with E-state index in [-0.39, 0.29) is 5.91 Å². The average Bonchev–Trinajstić information content (AvgIpc) is 3.16. The molecule has 2 aliphatic heterocycles. The summed E-state index contributed by atoms with van der Waals surface area (Å²) in [7, 11) is 0. The summed E-state index contributed by atoms with van der Waals surface area (Å²) in [5.74, 6) is 1.96. The highest BCUT2D eigenvalue weighted by Crippen LogP contribution is 2.25. The van der Waals surface area contributed by atoms with Crippen LogP contribution in [0.1, 0.15) is 49.7 Å². The monoisotopic (exact) mass is 466 g/mol. The molecule has 0 radical (unpaired) electrons. The number of likely N-dealkylation sites (tertiary alicyclic amines) is 2. The summed E-state index contributed by atoms with van der Waals surface area (Å²) in [6.07, 6.45) is 4.95. The molecule has 0 aliphatic carbocycles. The molecule has 1 unspecified atom stereocenters. The van der Waals surface area contributed by atoms with Crippen LogP contribution in [-0.2, 0) is 11.3 Å². The maximum absolute atomic E-state index is 11.7. The fourth-order valence-electron chi connectivity index (χ4n) is 4.72. The fraction of sp³-hybridized carbons (Fsp3) is 0.536. The van der Waals surface area contributed by atoms with Gasteiger partial charge in [0.25, 0.3) is 0 Å². The van der Waals surface area contributed by atoms with Gasteiger partial charge in [0.05, 0.1) is 12.2 Å². The van der Waals surface area contributed by atoms with Crippen LogP contribution in [0.4, 0.5) is 0 Å². The van der Waals surface area contributed by atoms with Crippen molar-refractivity contribution >= 4 is 5.91 Å². The number of hydrogen-bond donors (Lipinski definition) is 1. The normalized spacial score (nSPS) is 21.5. The second-order valence-corrected chi connectivity index (χ2v) is 9.79. The number of hydrogen-bond acceptors (Lipinski definition) is 5. The quantitative estimate of drug-likeness (QED) is 0.532. The maximum Gasteiger partial charge on any atom is 0.222 e. The Morgan fingerprint density at radius 3 is 2.38 bits per heavy atom. The Balaban J connectivity index is 1.18. The minimum absolute atomic E-state index is 0.273. The van der Waals surface area contributed by atoms with E-state index in [9.17, 15) is 9.90 Å². The van der Waals surface area contributed by atoms with Gasteiger partial charge in [-0.15, -0.1) is 0 Å². The summed E-state index contributed by atoms with van der Waals surface area (Å²) in [5.41, 5.74) is 1.67. The van der Waals surface area contributed by atoms with Gasteiger partial charge in [0.2, 0.25) is 5.91 Å². The van der Waals surface area contributed by atoms with Crippen molar-refractivity contribution in [3.8, 4) is 11.5 Å². The number of aryl methyl sites for hydroxylation is 1. The smallest absolute Gasteiger partial charge is 0.222 e. The first-order valence-electron chi connectivity index (χ1n) is 12.6. The van der Waals surface area contributed by atoms with E-state index in [0.29, 0.717) is 26.1 Å². The van der Waals surface area contributed by atoms with E-state index in [0.717, 1.165) is 69.9 Å². The van der Waals surface area contributed by atoms with Crippen molar-refractivity contribution in [1.29, 1.82) is 0 Å². The summed E-state index contributed by atoms with van der Waals surface area (Å²) in [6, 6.07) is 16.3. The molecular weight excluding hydrogens is 428 g/mol. The molecule has 6 nitrogen and oxygen atoms in total. The number of rotatable bonds is 10. The molecule has 2 saturated heterocycles. The predicted octanol–water partition coefficient (Wildman–Crippen LogP) is 4.18. The molecule has 0 saturated carbocycles. The number of benzene rings is 2. The van der Waals surface area contributed by atoms with E-state index in [2.05, 4.69) is 24.0 Å². The summed E-state index contributed by atoms with van der Waals surface area (Å²) in [5, 5.41) is 11.1. The van der Waals surface area contributed by atoms with Crippen LogP contribution in [0.5, 0.6) is 11.5 Å². The van der Waals surface area contributed by atoms with Crippen LogP contribution < -0.4 is 9.47 Å². The average molecular weight is 467 g/mol. The van der Waals surface area contributed by atoms with Gasteiger partial charge in [-0.1, -0.05) is 29.8 Å². The Bertz CT molecular complexity index is 915. The van der Waals surface area contributed by atoms with Gasteiger partial charge in [0.1, 0.15) is 18.1 Å². The topological polar surface area (TPSA) is 62.2 Å². The van der Waals surface area contributed by atoms with Crippen LogP contribution in [0.2, 0.25) is 0 Å². The van der Waals surface area contributed by atoms with Crippen molar-refractivity contribution in [3.63, 3.8) is 0 Å². The first-order valence-corrected chi connectivity index (χ1v) is 12.6. The molecular formula is C28H38N2O4. The molecule has 1 atom stereocenters. The van der Waals surface area contributed by atoms with Crippen molar-refractivity contribution in [1.82, 2.24) is 9.80 Å². The molecule has 2 aliphatic rings. The lowest BCUT2D eigenvalue weighted by Crippen LogP contribution is -2.37. The summed E-state index contributed by atoms with van der Waals surface area (Å²) in [6.45, 7) is 7.38. The summed E-state index contributed by atoms with van der Waals surface area (Å²) >= 11 is 0. The standard InChI is InChI=1S/C28H38N2O4/c1-23-6-10-26(11-7-23)34-22-28(32)14-3-16-29(19-15-28)21-24-8-12-25(13-9-24)33-20-4-18-30-17-2-5-27(30)31/h6-13,32H,2-5,14-22H2,1H3. The van der Waals surface area contributed by atoms with Gasteiger partial charge < -0.3 is 19.5 Å². The second-order valence-electron chi connectivity index (χ2n) is 9.79. The van der Waals surface area contributed by atoms with E-state index >= 15 is 0 Å². The van der Waals surface area contributed by atoms with Gasteiger partial charge in [0.15, 0.2) is 0 Å². The molecule has 0 bridgehead atoms. The molecule has 1 N–H and O–H groups in total. The van der Waals surface area contributed by atoms with Gasteiger partial charge in [-0.25, -0.2) is 0 Å². The third-order valence-electron chi connectivity index (χ3n) is 6.88. The largest absolute Gasteiger partial charge is 0.494 e. The Morgan fingerprint density at radius 1 is 0.912 bits per heavy atom. The number of carbonyl (C=O) groups excluding carboxylic acids is 1. The minimum atomic E-state index is -0.781. The zero-order chi connectivity index (χ0) is 23.8. The molecule has 2 aromatic carbocycles. The summed E-state index contributed by atoms with van der Waals surface area (Å²) < 4.78 is 11.8. The lowest BCUT2D eigenvalue weighted by Gasteiger charge is -2.27. The second kappa shape index (κ2) is 11.7. The number of aliphatic hydroxyl groups is 1. The van der Waals surface area contributed by atoms with Crippen molar-refractivity contribution in [2.24, 2.45) is 0 Å². The molecule has 184 valence electrons. The van der Waals surface area contributed by atoms with E-state index in [4.69, 9.17) is 9.47 Å². The van der Waals surface area contributed by atoms with Crippen LogP contribution in [0.3, 0.4) is 0 Å². The molecule has 34 heavy (non-hydrogen) atoms. The van der Waals surface area contributed by atoms with Crippen LogP contribution in [-0.4, -0.2) is 65.8 Å². The number of carbonyl (C=O) groups is 1. The number of amides is 1. The van der Waals surface area contributed by atoms with Crippen molar-refractivity contribution in [3.05, 3.63) is 59.7 Å². The third-order valence-corrected chi connectivity index (χ3v) is 6.88. The lowest BCUT2D eigenvalue weighted by molar-refractivity contribution is -0.127.